The number of ether oxygens (including phenoxy) is 2. The van der Waals surface area contributed by atoms with E-state index in [1.165, 1.54) is 16.8 Å². The van der Waals surface area contributed by atoms with Crippen molar-refractivity contribution in [2.45, 2.75) is 60.3 Å². The van der Waals surface area contributed by atoms with Gasteiger partial charge in [0.1, 0.15) is 17.0 Å². The van der Waals surface area contributed by atoms with Crippen molar-refractivity contribution in [2.75, 3.05) is 19.7 Å². The van der Waals surface area contributed by atoms with E-state index < -0.39 is 50.3 Å². The van der Waals surface area contributed by atoms with E-state index in [9.17, 15) is 18.0 Å². The zero-order valence-electron chi connectivity index (χ0n) is 27.9. The summed E-state index contributed by atoms with van der Waals surface area (Å²) in [5.41, 5.74) is 1.22. The summed E-state index contributed by atoms with van der Waals surface area (Å²) in [7, 11) is -4.06. The molecule has 1 N–H and O–H groups in total. The fourth-order valence-corrected chi connectivity index (χ4v) is 9.61. The molecule has 258 valence electrons. The van der Waals surface area contributed by atoms with Crippen LogP contribution in [0.5, 0.6) is 0 Å². The Morgan fingerprint density at radius 3 is 1.82 bits per heavy atom. The van der Waals surface area contributed by atoms with Gasteiger partial charge in [-0.1, -0.05) is 115 Å². The molecule has 2 saturated heterocycles. The molecule has 0 aliphatic carbocycles. The van der Waals surface area contributed by atoms with Gasteiger partial charge in [-0.05, 0) is 61.7 Å². The fraction of sp³-hybridized carbons (Fsp3) is 0.300. The van der Waals surface area contributed by atoms with Gasteiger partial charge in [0.25, 0.3) is 5.56 Å². The zero-order valence-corrected chi connectivity index (χ0v) is 28.7. The number of H-pyrrole nitrogens is 1. The molecule has 4 aromatic carbocycles. The largest absolute Gasteiger partial charge is 0.358 e. The minimum atomic E-state index is -4.06. The van der Waals surface area contributed by atoms with Crippen LogP contribution in [-0.2, 0) is 24.9 Å². The van der Waals surface area contributed by atoms with Gasteiger partial charge in [-0.3, -0.25) is 19.2 Å². The topological polar surface area (TPSA) is 111 Å². The van der Waals surface area contributed by atoms with Crippen LogP contribution in [0.1, 0.15) is 47.7 Å². The Morgan fingerprint density at radius 1 is 0.760 bits per heavy atom. The van der Waals surface area contributed by atoms with E-state index >= 15 is 0 Å². The van der Waals surface area contributed by atoms with Crippen molar-refractivity contribution < 1.29 is 17.9 Å². The maximum Gasteiger partial charge on any atom is 0.330 e. The van der Waals surface area contributed by atoms with Crippen molar-refractivity contribution in [1.29, 1.82) is 0 Å². The molecule has 7 rings (SSSR count). The molecule has 0 spiro atoms. The number of aryl methyl sites for hydroxylation is 1. The zero-order chi connectivity index (χ0) is 34.7. The predicted molar refractivity (Wildman–Crippen MR) is 192 cm³/mol. The highest BCUT2D eigenvalue weighted by atomic mass is 32.2. The SMILES string of the molecule is Cc1ccc(S(=O)(=O)[C@@H]2[C@@H](N3CCCCC3)[C@H](n3ccc(=O)[nH]c3=O)O[C@@H]2COC(c2ccccc2)(c2ccccc2)c2ccccc2)cc1. The summed E-state index contributed by atoms with van der Waals surface area (Å²) < 4.78 is 45.2. The summed E-state index contributed by atoms with van der Waals surface area (Å²) in [6, 6.07) is 37.0. The van der Waals surface area contributed by atoms with E-state index in [0.717, 1.165) is 41.5 Å². The fourth-order valence-electron chi connectivity index (χ4n) is 7.56. The third-order valence-electron chi connectivity index (χ3n) is 9.96. The normalized spacial score (nSPS) is 21.6. The standard InChI is InChI=1S/C40H41N3O6S/c1-29-20-22-33(23-21-29)50(46,47)37-34(49-38(36(37)42-25-12-5-13-26-42)43-27-24-35(44)41-39(43)45)28-48-40(30-14-6-2-7-15-30,31-16-8-3-9-17-31)32-18-10-4-11-19-32/h2-4,6-11,14-24,27,34,36-38H,5,12-13,25-26,28H2,1H3,(H,41,44,45)/t34-,36-,37+,38-/m1/s1. The van der Waals surface area contributed by atoms with E-state index in [2.05, 4.69) is 9.88 Å². The first-order valence-electron chi connectivity index (χ1n) is 17.1. The Hall–Kier alpha value is -4.61. The highest BCUT2D eigenvalue weighted by molar-refractivity contribution is 7.92. The number of hydrogen-bond donors (Lipinski definition) is 1. The number of likely N-dealkylation sites (tertiary alicyclic amines) is 1. The molecule has 0 saturated carbocycles. The number of aromatic amines is 1. The molecule has 2 aliphatic rings. The second-order valence-electron chi connectivity index (χ2n) is 13.1. The minimum absolute atomic E-state index is 0.118. The summed E-state index contributed by atoms with van der Waals surface area (Å²) in [6.45, 7) is 3.10. The number of nitrogens with zero attached hydrogens (tertiary/aromatic N) is 2. The molecule has 4 atom stereocenters. The van der Waals surface area contributed by atoms with Gasteiger partial charge >= 0.3 is 5.69 Å². The Kier molecular flexibility index (Phi) is 9.70. The number of sulfone groups is 1. The number of aromatic nitrogens is 2. The van der Waals surface area contributed by atoms with Crippen LogP contribution in [-0.4, -0.2) is 60.0 Å². The molecule has 2 fully saturated rings. The molecule has 3 heterocycles. The minimum Gasteiger partial charge on any atom is -0.358 e. The lowest BCUT2D eigenvalue weighted by atomic mass is 9.80. The number of piperidine rings is 1. The predicted octanol–water partition coefficient (Wildman–Crippen LogP) is 5.45. The molecule has 5 aromatic rings. The highest BCUT2D eigenvalue weighted by Gasteiger charge is 2.56. The lowest BCUT2D eigenvalue weighted by Crippen LogP contribution is -2.53. The van der Waals surface area contributed by atoms with Crippen LogP contribution in [0.15, 0.2) is 142 Å². The smallest absolute Gasteiger partial charge is 0.330 e. The summed E-state index contributed by atoms with van der Waals surface area (Å²) in [6.07, 6.45) is 2.21. The molecule has 0 amide bonds. The maximum absolute atomic E-state index is 15.0. The van der Waals surface area contributed by atoms with Crippen molar-refractivity contribution in [3.05, 3.63) is 171 Å². The third kappa shape index (κ3) is 6.40. The number of hydrogen-bond acceptors (Lipinski definition) is 7. The summed E-state index contributed by atoms with van der Waals surface area (Å²) in [5, 5.41) is -1.10. The van der Waals surface area contributed by atoms with Gasteiger partial charge in [-0.15, -0.1) is 0 Å². The van der Waals surface area contributed by atoms with Crippen molar-refractivity contribution in [3.63, 3.8) is 0 Å². The number of rotatable bonds is 10. The second kappa shape index (κ2) is 14.3. The van der Waals surface area contributed by atoms with Crippen molar-refractivity contribution in [3.8, 4) is 0 Å². The van der Waals surface area contributed by atoms with Gasteiger partial charge in [0.15, 0.2) is 16.1 Å². The highest BCUT2D eigenvalue weighted by Crippen LogP contribution is 2.44. The third-order valence-corrected chi connectivity index (χ3v) is 12.2. The van der Waals surface area contributed by atoms with Gasteiger partial charge in [-0.25, -0.2) is 13.2 Å². The molecule has 0 bridgehead atoms. The van der Waals surface area contributed by atoms with Gasteiger partial charge in [0.05, 0.1) is 17.5 Å². The second-order valence-corrected chi connectivity index (χ2v) is 15.2. The van der Waals surface area contributed by atoms with Crippen LogP contribution < -0.4 is 11.2 Å². The number of nitrogens with one attached hydrogen (secondary N) is 1. The van der Waals surface area contributed by atoms with Crippen LogP contribution in [0.2, 0.25) is 0 Å². The van der Waals surface area contributed by atoms with E-state index in [0.29, 0.717) is 13.1 Å². The van der Waals surface area contributed by atoms with Crippen molar-refractivity contribution >= 4 is 9.84 Å². The summed E-state index contributed by atoms with van der Waals surface area (Å²) >= 11 is 0. The maximum atomic E-state index is 15.0. The number of benzene rings is 4. The molecular formula is C40H41N3O6S. The lowest BCUT2D eigenvalue weighted by molar-refractivity contribution is -0.0840. The van der Waals surface area contributed by atoms with Gasteiger partial charge in [-0.2, -0.15) is 0 Å². The van der Waals surface area contributed by atoms with Crippen LogP contribution in [0.3, 0.4) is 0 Å². The van der Waals surface area contributed by atoms with E-state index in [-0.39, 0.29) is 11.5 Å². The Morgan fingerprint density at radius 2 is 1.30 bits per heavy atom. The van der Waals surface area contributed by atoms with E-state index in [1.54, 1.807) is 24.3 Å². The van der Waals surface area contributed by atoms with Crippen LogP contribution in [0.25, 0.3) is 0 Å². The van der Waals surface area contributed by atoms with Crippen LogP contribution >= 0.6 is 0 Å². The average Bonchev–Trinajstić information content (AvgIpc) is 3.54. The Labute approximate surface area is 292 Å². The molecule has 1 aromatic heterocycles. The Bertz CT molecular complexity index is 2020. The average molecular weight is 692 g/mol. The van der Waals surface area contributed by atoms with Crippen molar-refractivity contribution in [2.24, 2.45) is 0 Å². The quantitative estimate of drug-likeness (QED) is 0.194. The summed E-state index contributed by atoms with van der Waals surface area (Å²) in [5.74, 6) is 0. The first-order chi connectivity index (χ1) is 24.3. The molecule has 9 nitrogen and oxygen atoms in total. The van der Waals surface area contributed by atoms with Gasteiger partial charge in [0, 0.05) is 12.3 Å². The van der Waals surface area contributed by atoms with Gasteiger partial charge in [0.2, 0.25) is 0 Å². The van der Waals surface area contributed by atoms with Crippen molar-refractivity contribution in [1.82, 2.24) is 14.5 Å². The first kappa shape index (κ1) is 33.9. The molecular weight excluding hydrogens is 651 g/mol. The summed E-state index contributed by atoms with van der Waals surface area (Å²) in [4.78, 5) is 30.1. The molecule has 10 heteroatoms. The van der Waals surface area contributed by atoms with Crippen LogP contribution in [0.4, 0.5) is 0 Å². The van der Waals surface area contributed by atoms with Crippen LogP contribution in [0, 0.1) is 6.92 Å². The molecule has 0 unspecified atom stereocenters. The molecule has 50 heavy (non-hydrogen) atoms. The Balaban J connectivity index is 1.39. The monoisotopic (exact) mass is 691 g/mol. The molecule has 2 aliphatic heterocycles. The van der Waals surface area contributed by atoms with E-state index in [4.69, 9.17) is 9.47 Å². The van der Waals surface area contributed by atoms with Gasteiger partial charge < -0.3 is 9.47 Å². The lowest BCUT2D eigenvalue weighted by Gasteiger charge is -2.38. The van der Waals surface area contributed by atoms with E-state index in [1.807, 2.05) is 97.9 Å². The molecule has 0 radical (unpaired) electrons. The first-order valence-corrected chi connectivity index (χ1v) is 18.7.